The van der Waals surface area contributed by atoms with Crippen LogP contribution in [0.15, 0.2) is 41.3 Å². The Morgan fingerprint density at radius 3 is 2.32 bits per heavy atom. The lowest BCUT2D eigenvalue weighted by Crippen LogP contribution is -2.43. The second kappa shape index (κ2) is 6.95. The largest absolute Gasteiger partial charge is 0.480 e. The summed E-state index contributed by atoms with van der Waals surface area (Å²) < 4.78 is 54.5. The minimum atomic E-state index is -4.52. The van der Waals surface area contributed by atoms with E-state index < -0.39 is 44.0 Å². The van der Waals surface area contributed by atoms with Gasteiger partial charge in [-0.3, -0.25) is 9.59 Å². The molecule has 0 heterocycles. The van der Waals surface area contributed by atoms with Crippen molar-refractivity contribution in [2.45, 2.75) is 30.2 Å². The average molecular weight is 410 g/mol. The number of hydrogen-bond acceptors (Lipinski definition) is 4. The molecule has 0 spiro atoms. The van der Waals surface area contributed by atoms with Gasteiger partial charge in [0.1, 0.15) is 22.1 Å². The molecule has 0 radical (unpaired) electrons. The van der Waals surface area contributed by atoms with Crippen molar-refractivity contribution in [1.29, 1.82) is 0 Å². The van der Waals surface area contributed by atoms with Crippen molar-refractivity contribution in [1.82, 2.24) is 4.72 Å². The number of sulfonamides is 1. The van der Waals surface area contributed by atoms with Crippen molar-refractivity contribution in [3.63, 3.8) is 0 Å². The van der Waals surface area contributed by atoms with Crippen LogP contribution in [0.2, 0.25) is 0 Å². The molecule has 28 heavy (non-hydrogen) atoms. The number of carboxylic acids is 1. The van der Waals surface area contributed by atoms with Crippen molar-refractivity contribution in [3.05, 3.63) is 59.2 Å². The molecular weight excluding hydrogens is 394 g/mol. The van der Waals surface area contributed by atoms with Crippen LogP contribution in [0, 0.1) is 18.6 Å². The molecule has 2 aromatic carbocycles. The Hall–Kier alpha value is -2.85. The highest BCUT2D eigenvalue weighted by Gasteiger charge is 2.53. The van der Waals surface area contributed by atoms with Crippen LogP contribution in [0.1, 0.15) is 28.8 Å². The van der Waals surface area contributed by atoms with Crippen LogP contribution in [0.4, 0.5) is 14.5 Å². The SMILES string of the molecule is Cc1ccc(NC(=O)c2ccc(F)c(S(=O)(=O)NC3(C(=O)O)CC3)c2)cc1F. The van der Waals surface area contributed by atoms with Gasteiger partial charge in [-0.15, -0.1) is 0 Å². The number of nitrogens with one attached hydrogen (secondary N) is 2. The quantitative estimate of drug-likeness (QED) is 0.677. The molecule has 0 unspecified atom stereocenters. The first-order valence-corrected chi connectivity index (χ1v) is 9.67. The molecular formula is C18H16F2N2O5S. The van der Waals surface area contributed by atoms with Crippen molar-refractivity contribution in [3.8, 4) is 0 Å². The Morgan fingerprint density at radius 2 is 1.75 bits per heavy atom. The topological polar surface area (TPSA) is 113 Å². The fraction of sp³-hybridized carbons (Fsp3) is 0.222. The van der Waals surface area contributed by atoms with Gasteiger partial charge < -0.3 is 10.4 Å². The number of amides is 1. The Balaban J connectivity index is 1.87. The Kier molecular flexibility index (Phi) is 4.94. The molecule has 3 rings (SSSR count). The standard InChI is InChI=1S/C18H16F2N2O5S/c1-10-2-4-12(9-14(10)20)21-16(23)11-3-5-13(19)15(8-11)28(26,27)22-18(6-7-18)17(24)25/h2-5,8-9,22H,6-7H2,1H3,(H,21,23)(H,24,25). The molecule has 1 fully saturated rings. The molecule has 2 aromatic rings. The number of rotatable bonds is 6. The first-order chi connectivity index (χ1) is 13.0. The molecule has 1 saturated carbocycles. The van der Waals surface area contributed by atoms with Gasteiger partial charge in [0.15, 0.2) is 0 Å². The summed E-state index contributed by atoms with van der Waals surface area (Å²) in [4.78, 5) is 22.7. The van der Waals surface area contributed by atoms with E-state index in [1.54, 1.807) is 6.92 Å². The molecule has 1 aliphatic carbocycles. The third kappa shape index (κ3) is 3.87. The summed E-state index contributed by atoms with van der Waals surface area (Å²) in [5, 5.41) is 11.5. The monoisotopic (exact) mass is 410 g/mol. The predicted octanol–water partition coefficient (Wildman–Crippen LogP) is 2.42. The zero-order valence-electron chi connectivity index (χ0n) is 14.6. The molecule has 0 saturated heterocycles. The van der Waals surface area contributed by atoms with Gasteiger partial charge in [0.05, 0.1) is 0 Å². The predicted molar refractivity (Wildman–Crippen MR) is 95.4 cm³/mol. The highest BCUT2D eigenvalue weighted by molar-refractivity contribution is 7.89. The lowest BCUT2D eigenvalue weighted by molar-refractivity contribution is -0.140. The van der Waals surface area contributed by atoms with E-state index in [1.807, 2.05) is 4.72 Å². The van der Waals surface area contributed by atoms with Crippen molar-refractivity contribution in [2.75, 3.05) is 5.32 Å². The van der Waals surface area contributed by atoms with Crippen molar-refractivity contribution in [2.24, 2.45) is 0 Å². The first-order valence-electron chi connectivity index (χ1n) is 8.18. The van der Waals surface area contributed by atoms with E-state index in [0.717, 1.165) is 24.3 Å². The van der Waals surface area contributed by atoms with E-state index in [0.29, 0.717) is 5.56 Å². The number of hydrogen-bond donors (Lipinski definition) is 3. The summed E-state index contributed by atoms with van der Waals surface area (Å²) in [6.45, 7) is 1.55. The van der Waals surface area contributed by atoms with E-state index in [1.165, 1.54) is 12.1 Å². The number of aryl methyl sites for hydroxylation is 1. The van der Waals surface area contributed by atoms with Crippen LogP contribution in [0.5, 0.6) is 0 Å². The van der Waals surface area contributed by atoms with Crippen molar-refractivity contribution < 1.29 is 31.9 Å². The first kappa shape index (κ1) is 19.9. The third-order valence-electron chi connectivity index (χ3n) is 4.40. The number of halogens is 2. The number of benzene rings is 2. The molecule has 3 N–H and O–H groups in total. The Labute approximate surface area is 159 Å². The second-order valence-corrected chi connectivity index (χ2v) is 8.21. The third-order valence-corrected chi connectivity index (χ3v) is 5.95. The maximum Gasteiger partial charge on any atom is 0.324 e. The number of aliphatic carboxylic acids is 1. The lowest BCUT2D eigenvalue weighted by Gasteiger charge is -2.14. The van der Waals surface area contributed by atoms with Gasteiger partial charge in [0.2, 0.25) is 10.0 Å². The molecule has 1 amide bonds. The van der Waals surface area contributed by atoms with Crippen LogP contribution >= 0.6 is 0 Å². The molecule has 148 valence electrons. The Morgan fingerprint density at radius 1 is 1.07 bits per heavy atom. The summed E-state index contributed by atoms with van der Waals surface area (Å²) in [5.74, 6) is -3.80. The van der Waals surface area contributed by atoms with Crippen LogP contribution in [-0.2, 0) is 14.8 Å². The van der Waals surface area contributed by atoms with Gasteiger partial charge in [-0.25, -0.2) is 17.2 Å². The fourth-order valence-corrected chi connectivity index (χ4v) is 4.04. The van der Waals surface area contributed by atoms with Gasteiger partial charge in [0.25, 0.3) is 5.91 Å². The Bertz CT molecular complexity index is 1080. The maximum atomic E-state index is 14.1. The van der Waals surface area contributed by atoms with Gasteiger partial charge in [0, 0.05) is 11.3 Å². The summed E-state index contributed by atoms with van der Waals surface area (Å²) in [6, 6.07) is 6.67. The zero-order chi connectivity index (χ0) is 20.7. The maximum absolute atomic E-state index is 14.1. The minimum Gasteiger partial charge on any atom is -0.480 e. The minimum absolute atomic E-state index is 0.0857. The average Bonchev–Trinajstić information content (AvgIpc) is 3.38. The van der Waals surface area contributed by atoms with Crippen LogP contribution in [0.3, 0.4) is 0 Å². The summed E-state index contributed by atoms with van der Waals surface area (Å²) in [6.07, 6.45) is 0.171. The van der Waals surface area contributed by atoms with Crippen LogP contribution in [0.25, 0.3) is 0 Å². The number of carbonyl (C=O) groups excluding carboxylic acids is 1. The lowest BCUT2D eigenvalue weighted by atomic mass is 10.2. The van der Waals surface area contributed by atoms with Gasteiger partial charge >= 0.3 is 5.97 Å². The number of carboxylic acid groups (broad SMARTS) is 1. The van der Waals surface area contributed by atoms with E-state index >= 15 is 0 Å². The normalized spacial score (nSPS) is 15.1. The summed E-state index contributed by atoms with van der Waals surface area (Å²) >= 11 is 0. The summed E-state index contributed by atoms with van der Waals surface area (Å²) in [5.41, 5.74) is -1.32. The molecule has 1 aliphatic rings. The fourth-order valence-electron chi connectivity index (χ4n) is 2.52. The molecule has 0 bridgehead atoms. The van der Waals surface area contributed by atoms with E-state index in [4.69, 9.17) is 5.11 Å². The summed E-state index contributed by atoms with van der Waals surface area (Å²) in [7, 11) is -4.52. The molecule has 0 aromatic heterocycles. The smallest absolute Gasteiger partial charge is 0.324 e. The number of anilines is 1. The van der Waals surface area contributed by atoms with Gasteiger partial charge in [-0.1, -0.05) is 6.07 Å². The molecule has 7 nitrogen and oxygen atoms in total. The van der Waals surface area contributed by atoms with E-state index in [-0.39, 0.29) is 24.1 Å². The van der Waals surface area contributed by atoms with Gasteiger partial charge in [-0.05, 0) is 55.7 Å². The molecule has 0 aliphatic heterocycles. The van der Waals surface area contributed by atoms with Crippen LogP contribution in [-0.4, -0.2) is 30.9 Å². The highest BCUT2D eigenvalue weighted by atomic mass is 32.2. The van der Waals surface area contributed by atoms with Crippen LogP contribution < -0.4 is 10.0 Å². The van der Waals surface area contributed by atoms with Gasteiger partial charge in [-0.2, -0.15) is 4.72 Å². The molecule has 0 atom stereocenters. The van der Waals surface area contributed by atoms with Crippen molar-refractivity contribution >= 4 is 27.6 Å². The molecule has 10 heteroatoms. The number of carbonyl (C=O) groups is 2. The zero-order valence-corrected chi connectivity index (χ0v) is 15.4. The van der Waals surface area contributed by atoms with E-state index in [2.05, 4.69) is 5.32 Å². The second-order valence-electron chi connectivity index (χ2n) is 6.56. The van der Waals surface area contributed by atoms with E-state index in [9.17, 15) is 26.8 Å². The highest BCUT2D eigenvalue weighted by Crippen LogP contribution is 2.37.